The van der Waals surface area contributed by atoms with Crippen LogP contribution in [0.2, 0.25) is 0 Å². The van der Waals surface area contributed by atoms with Crippen LogP contribution in [0.4, 0.5) is 10.6 Å². The lowest BCUT2D eigenvalue weighted by molar-refractivity contribution is -0.135. The zero-order valence-electron chi connectivity index (χ0n) is 11.3. The van der Waals surface area contributed by atoms with Gasteiger partial charge in [0, 0.05) is 26.1 Å². The molecule has 2 aliphatic rings. The Morgan fingerprint density at radius 1 is 1.33 bits per heavy atom. The Balaban J connectivity index is 1.75. The molecule has 0 aromatic carbocycles. The number of hydrogen-bond donors (Lipinski definition) is 3. The fourth-order valence-electron chi connectivity index (χ4n) is 2.55. The number of hydrazine groups is 1. The van der Waals surface area contributed by atoms with E-state index in [9.17, 15) is 9.59 Å². The molecule has 0 aliphatic carbocycles. The minimum Gasteiger partial charge on any atom is -0.381 e. The molecule has 9 heteroatoms. The number of nitrogens with one attached hydrogen (secondary N) is 2. The Morgan fingerprint density at radius 2 is 2.10 bits per heavy atom. The number of carbonyl (C=O) groups excluding carboxylic acids is 2. The Morgan fingerprint density at radius 3 is 2.71 bits per heavy atom. The van der Waals surface area contributed by atoms with E-state index in [4.69, 9.17) is 10.6 Å². The average Bonchev–Trinajstić information content (AvgIpc) is 2.73. The highest BCUT2D eigenvalue weighted by molar-refractivity contribution is 6.07. The van der Waals surface area contributed by atoms with E-state index < -0.39 is 11.6 Å². The Hall–Kier alpha value is -2.26. The molecule has 3 rings (SSSR count). The van der Waals surface area contributed by atoms with Crippen LogP contribution in [0.5, 0.6) is 0 Å². The summed E-state index contributed by atoms with van der Waals surface area (Å²) in [5, 5.41) is 2.79. The molecular formula is C12H16N6O3. The third-order valence-corrected chi connectivity index (χ3v) is 3.77. The maximum absolute atomic E-state index is 12.5. The van der Waals surface area contributed by atoms with E-state index >= 15 is 0 Å². The first-order valence-electron chi connectivity index (χ1n) is 6.64. The largest absolute Gasteiger partial charge is 0.381 e. The first-order chi connectivity index (χ1) is 10.1. The number of ether oxygens (including phenoxy) is 1. The monoisotopic (exact) mass is 292 g/mol. The standard InChI is InChI=1S/C12H16N6O3/c13-17-9-6-14-8(5-15-9)7-18-10(19)12(16-11(18)20)1-3-21-4-2-12/h5-6H,1-4,7,13H2,(H,15,17)(H,16,20). The van der Waals surface area contributed by atoms with Crippen LogP contribution in [-0.2, 0) is 16.1 Å². The molecule has 2 saturated heterocycles. The summed E-state index contributed by atoms with van der Waals surface area (Å²) in [5.41, 5.74) is 2.06. The number of rotatable bonds is 3. The number of carbonyl (C=O) groups is 2. The van der Waals surface area contributed by atoms with Crippen molar-refractivity contribution in [1.29, 1.82) is 0 Å². The highest BCUT2D eigenvalue weighted by Gasteiger charge is 2.51. The van der Waals surface area contributed by atoms with Crippen molar-refractivity contribution in [3.63, 3.8) is 0 Å². The molecule has 2 fully saturated rings. The van der Waals surface area contributed by atoms with E-state index in [0.29, 0.717) is 37.6 Å². The van der Waals surface area contributed by atoms with Crippen molar-refractivity contribution in [3.8, 4) is 0 Å². The highest BCUT2D eigenvalue weighted by atomic mass is 16.5. The molecule has 0 unspecified atom stereocenters. The Bertz CT molecular complexity index is 555. The third kappa shape index (κ3) is 2.41. The predicted molar refractivity (Wildman–Crippen MR) is 71.7 cm³/mol. The lowest BCUT2D eigenvalue weighted by atomic mass is 9.90. The van der Waals surface area contributed by atoms with Gasteiger partial charge >= 0.3 is 6.03 Å². The quantitative estimate of drug-likeness (QED) is 0.385. The summed E-state index contributed by atoms with van der Waals surface area (Å²) in [5.74, 6) is 5.40. The van der Waals surface area contributed by atoms with Gasteiger partial charge in [0.15, 0.2) is 5.82 Å². The van der Waals surface area contributed by atoms with Gasteiger partial charge in [-0.1, -0.05) is 0 Å². The van der Waals surface area contributed by atoms with Gasteiger partial charge in [0.1, 0.15) is 5.54 Å². The molecule has 1 aromatic heterocycles. The normalized spacial score (nSPS) is 20.7. The van der Waals surface area contributed by atoms with Gasteiger partial charge in [0.2, 0.25) is 0 Å². The number of amides is 3. The van der Waals surface area contributed by atoms with E-state index in [1.54, 1.807) is 0 Å². The smallest absolute Gasteiger partial charge is 0.325 e. The van der Waals surface area contributed by atoms with Gasteiger partial charge in [-0.15, -0.1) is 0 Å². The fraction of sp³-hybridized carbons (Fsp3) is 0.500. The molecule has 0 atom stereocenters. The van der Waals surface area contributed by atoms with Crippen LogP contribution in [0.15, 0.2) is 12.4 Å². The second-order valence-electron chi connectivity index (χ2n) is 5.05. The summed E-state index contributed by atoms with van der Waals surface area (Å²) in [7, 11) is 0. The van der Waals surface area contributed by atoms with E-state index in [1.165, 1.54) is 17.3 Å². The second kappa shape index (κ2) is 5.26. The zero-order valence-corrected chi connectivity index (χ0v) is 11.3. The Kier molecular flexibility index (Phi) is 3.43. The molecule has 9 nitrogen and oxygen atoms in total. The van der Waals surface area contributed by atoms with Crippen LogP contribution in [0.1, 0.15) is 18.5 Å². The van der Waals surface area contributed by atoms with Crippen LogP contribution >= 0.6 is 0 Å². The van der Waals surface area contributed by atoms with Gasteiger partial charge in [-0.2, -0.15) is 0 Å². The van der Waals surface area contributed by atoms with Crippen LogP contribution < -0.4 is 16.6 Å². The van der Waals surface area contributed by atoms with Crippen molar-refractivity contribution in [2.45, 2.75) is 24.9 Å². The van der Waals surface area contributed by atoms with Gasteiger partial charge < -0.3 is 15.5 Å². The fourth-order valence-corrected chi connectivity index (χ4v) is 2.55. The molecule has 0 bridgehead atoms. The number of imide groups is 1. The number of nitrogens with two attached hydrogens (primary N) is 1. The van der Waals surface area contributed by atoms with E-state index in [1.807, 2.05) is 0 Å². The van der Waals surface area contributed by atoms with Gasteiger partial charge in [-0.3, -0.25) is 14.7 Å². The third-order valence-electron chi connectivity index (χ3n) is 3.77. The lowest BCUT2D eigenvalue weighted by Gasteiger charge is -2.30. The number of hydrogen-bond acceptors (Lipinski definition) is 7. The van der Waals surface area contributed by atoms with Crippen LogP contribution in [-0.4, -0.2) is 45.6 Å². The number of nitrogens with zero attached hydrogens (tertiary/aromatic N) is 3. The number of aromatic nitrogens is 2. The maximum atomic E-state index is 12.5. The SMILES string of the molecule is NNc1cnc(CN2C(=O)NC3(CCOCC3)C2=O)cn1. The first kappa shape index (κ1) is 13.7. The van der Waals surface area contributed by atoms with Crippen molar-refractivity contribution in [2.24, 2.45) is 5.84 Å². The zero-order chi connectivity index (χ0) is 14.9. The van der Waals surface area contributed by atoms with Gasteiger partial charge in [-0.05, 0) is 0 Å². The minimum atomic E-state index is -0.818. The summed E-state index contributed by atoms with van der Waals surface area (Å²) < 4.78 is 5.26. The number of anilines is 1. The molecule has 0 radical (unpaired) electrons. The summed E-state index contributed by atoms with van der Waals surface area (Å²) in [6.45, 7) is 1.03. The average molecular weight is 292 g/mol. The van der Waals surface area contributed by atoms with E-state index in [0.717, 1.165) is 0 Å². The topological polar surface area (TPSA) is 122 Å². The summed E-state index contributed by atoms with van der Waals surface area (Å²) in [6.07, 6.45) is 3.91. The highest BCUT2D eigenvalue weighted by Crippen LogP contribution is 2.29. The summed E-state index contributed by atoms with van der Waals surface area (Å²) >= 11 is 0. The van der Waals surface area contributed by atoms with Gasteiger partial charge in [0.25, 0.3) is 5.91 Å². The molecule has 3 heterocycles. The van der Waals surface area contributed by atoms with E-state index in [-0.39, 0.29) is 12.5 Å². The van der Waals surface area contributed by atoms with Crippen molar-refractivity contribution >= 4 is 17.8 Å². The van der Waals surface area contributed by atoms with Crippen molar-refractivity contribution < 1.29 is 14.3 Å². The lowest BCUT2D eigenvalue weighted by Crippen LogP contribution is -2.51. The van der Waals surface area contributed by atoms with Gasteiger partial charge in [0.05, 0.1) is 24.6 Å². The van der Waals surface area contributed by atoms with Gasteiger partial charge in [-0.25, -0.2) is 15.6 Å². The molecule has 4 N–H and O–H groups in total. The minimum absolute atomic E-state index is 0.0884. The van der Waals surface area contributed by atoms with Crippen molar-refractivity contribution in [1.82, 2.24) is 20.2 Å². The van der Waals surface area contributed by atoms with Crippen LogP contribution in [0, 0.1) is 0 Å². The molecule has 2 aliphatic heterocycles. The molecule has 3 amide bonds. The molecule has 21 heavy (non-hydrogen) atoms. The second-order valence-corrected chi connectivity index (χ2v) is 5.05. The van der Waals surface area contributed by atoms with Crippen LogP contribution in [0.25, 0.3) is 0 Å². The van der Waals surface area contributed by atoms with Crippen molar-refractivity contribution in [2.75, 3.05) is 18.6 Å². The molecular weight excluding hydrogens is 276 g/mol. The molecule has 1 spiro atoms. The van der Waals surface area contributed by atoms with Crippen LogP contribution in [0.3, 0.4) is 0 Å². The number of urea groups is 1. The maximum Gasteiger partial charge on any atom is 0.325 e. The first-order valence-corrected chi connectivity index (χ1v) is 6.64. The molecule has 1 aromatic rings. The van der Waals surface area contributed by atoms with E-state index in [2.05, 4.69) is 20.7 Å². The predicted octanol–water partition coefficient (Wildman–Crippen LogP) is -0.637. The summed E-state index contributed by atoms with van der Waals surface area (Å²) in [4.78, 5) is 33.9. The number of nitrogen functional groups attached to an aromatic ring is 1. The summed E-state index contributed by atoms with van der Waals surface area (Å²) in [6, 6.07) is -0.398. The molecule has 0 saturated carbocycles. The Labute approximate surface area is 120 Å². The van der Waals surface area contributed by atoms with Crippen molar-refractivity contribution in [3.05, 3.63) is 18.1 Å². The molecule has 112 valence electrons.